The van der Waals surface area contributed by atoms with Crippen LogP contribution in [0.15, 0.2) is 24.3 Å². The van der Waals surface area contributed by atoms with E-state index in [4.69, 9.17) is 0 Å². The first-order chi connectivity index (χ1) is 8.22. The molecule has 0 amide bonds. The maximum Gasteiger partial charge on any atom is 0.161 e. The summed E-state index contributed by atoms with van der Waals surface area (Å²) in [7, 11) is 0. The molecule has 0 radical (unpaired) electrons. The normalized spacial score (nSPS) is 14.1. The smallest absolute Gasteiger partial charge is 0.161 e. The number of rotatable bonds is 4. The second-order valence-electron chi connectivity index (χ2n) is 5.36. The van der Waals surface area contributed by atoms with Gasteiger partial charge >= 0.3 is 0 Å². The molecule has 0 aromatic heterocycles. The molecule has 1 rings (SSSR count). The van der Waals surface area contributed by atoms with E-state index >= 15 is 0 Å². The fourth-order valence-corrected chi connectivity index (χ4v) is 1.78. The number of aromatic hydroxyl groups is 2. The van der Waals surface area contributed by atoms with Crippen LogP contribution in [0, 0.1) is 6.92 Å². The number of allylic oxidation sites excluding steroid dienone is 1. The SMILES string of the molecule is Cc1ccc([C@H](C)CC=CC(C)(C)O)c(O)c1O. The molecule has 100 valence electrons. The summed E-state index contributed by atoms with van der Waals surface area (Å²) < 4.78 is 0. The molecule has 0 aliphatic heterocycles. The lowest BCUT2D eigenvalue weighted by Crippen LogP contribution is -2.13. The summed E-state index contributed by atoms with van der Waals surface area (Å²) in [5.74, 6) is -0.0138. The average Bonchev–Trinajstić information content (AvgIpc) is 2.24. The highest BCUT2D eigenvalue weighted by Gasteiger charge is 2.14. The van der Waals surface area contributed by atoms with E-state index in [0.29, 0.717) is 12.0 Å². The van der Waals surface area contributed by atoms with Gasteiger partial charge in [-0.3, -0.25) is 0 Å². The molecule has 3 heteroatoms. The van der Waals surface area contributed by atoms with Crippen LogP contribution < -0.4 is 0 Å². The van der Waals surface area contributed by atoms with Crippen LogP contribution in [-0.2, 0) is 0 Å². The van der Waals surface area contributed by atoms with Gasteiger partial charge in [-0.1, -0.05) is 31.2 Å². The molecule has 18 heavy (non-hydrogen) atoms. The van der Waals surface area contributed by atoms with Crippen molar-refractivity contribution < 1.29 is 15.3 Å². The van der Waals surface area contributed by atoms with Crippen molar-refractivity contribution in [3.63, 3.8) is 0 Å². The van der Waals surface area contributed by atoms with E-state index in [1.165, 1.54) is 0 Å². The first-order valence-electron chi connectivity index (χ1n) is 6.14. The van der Waals surface area contributed by atoms with Gasteiger partial charge in [0.1, 0.15) is 0 Å². The van der Waals surface area contributed by atoms with Crippen LogP contribution in [0.2, 0.25) is 0 Å². The summed E-state index contributed by atoms with van der Waals surface area (Å²) in [6.07, 6.45) is 4.32. The molecule has 0 bridgehead atoms. The van der Waals surface area contributed by atoms with Gasteiger partial charge in [0, 0.05) is 5.56 Å². The molecule has 0 saturated carbocycles. The Morgan fingerprint density at radius 2 is 1.83 bits per heavy atom. The number of aryl methyl sites for hydroxylation is 1. The van der Waals surface area contributed by atoms with Crippen LogP contribution in [0.1, 0.15) is 44.2 Å². The zero-order valence-corrected chi connectivity index (χ0v) is 11.4. The van der Waals surface area contributed by atoms with Crippen LogP contribution in [0.25, 0.3) is 0 Å². The second kappa shape index (κ2) is 5.44. The van der Waals surface area contributed by atoms with Crippen LogP contribution >= 0.6 is 0 Å². The zero-order valence-electron chi connectivity index (χ0n) is 11.4. The minimum absolute atomic E-state index is 0.0424. The molecule has 0 saturated heterocycles. The Morgan fingerprint density at radius 1 is 1.22 bits per heavy atom. The highest BCUT2D eigenvalue weighted by atomic mass is 16.3. The van der Waals surface area contributed by atoms with Gasteiger partial charge in [-0.25, -0.2) is 0 Å². The van der Waals surface area contributed by atoms with E-state index in [9.17, 15) is 15.3 Å². The third kappa shape index (κ3) is 3.77. The molecule has 1 aromatic carbocycles. The highest BCUT2D eigenvalue weighted by molar-refractivity contribution is 5.50. The number of phenols is 2. The monoisotopic (exact) mass is 250 g/mol. The van der Waals surface area contributed by atoms with Crippen LogP contribution in [0.5, 0.6) is 11.5 Å². The Hall–Kier alpha value is -1.48. The molecule has 0 fully saturated rings. The van der Waals surface area contributed by atoms with E-state index in [1.54, 1.807) is 32.9 Å². The predicted octanol–water partition coefficient (Wildman–Crippen LogP) is 3.23. The van der Waals surface area contributed by atoms with Crippen molar-refractivity contribution in [2.45, 2.75) is 45.6 Å². The van der Waals surface area contributed by atoms with Gasteiger partial charge in [0.2, 0.25) is 0 Å². The molecule has 3 nitrogen and oxygen atoms in total. The van der Waals surface area contributed by atoms with Crippen LogP contribution in [-0.4, -0.2) is 20.9 Å². The van der Waals surface area contributed by atoms with E-state index in [1.807, 2.05) is 19.1 Å². The van der Waals surface area contributed by atoms with Crippen molar-refractivity contribution in [2.24, 2.45) is 0 Å². The number of hydrogen-bond acceptors (Lipinski definition) is 3. The molecule has 0 aliphatic carbocycles. The molecular weight excluding hydrogens is 228 g/mol. The average molecular weight is 250 g/mol. The predicted molar refractivity (Wildman–Crippen MR) is 73.0 cm³/mol. The van der Waals surface area contributed by atoms with Crippen molar-refractivity contribution in [3.05, 3.63) is 35.4 Å². The maximum absolute atomic E-state index is 9.88. The Morgan fingerprint density at radius 3 is 2.39 bits per heavy atom. The summed E-state index contributed by atoms with van der Waals surface area (Å²) in [5, 5.41) is 29.1. The third-order valence-electron chi connectivity index (χ3n) is 2.93. The number of phenolic OH excluding ortho intramolecular Hbond substituents is 2. The van der Waals surface area contributed by atoms with Gasteiger partial charge in [-0.2, -0.15) is 0 Å². The molecule has 1 atom stereocenters. The summed E-state index contributed by atoms with van der Waals surface area (Å²) >= 11 is 0. The van der Waals surface area contributed by atoms with Crippen molar-refractivity contribution in [2.75, 3.05) is 0 Å². The summed E-state index contributed by atoms with van der Waals surface area (Å²) in [6.45, 7) is 7.14. The maximum atomic E-state index is 9.88. The topological polar surface area (TPSA) is 60.7 Å². The fraction of sp³-hybridized carbons (Fsp3) is 0.467. The molecule has 0 spiro atoms. The van der Waals surface area contributed by atoms with Crippen molar-refractivity contribution in [1.29, 1.82) is 0 Å². The van der Waals surface area contributed by atoms with Crippen molar-refractivity contribution in [3.8, 4) is 11.5 Å². The second-order valence-corrected chi connectivity index (χ2v) is 5.36. The highest BCUT2D eigenvalue weighted by Crippen LogP contribution is 2.37. The first kappa shape index (κ1) is 14.6. The number of benzene rings is 1. The minimum atomic E-state index is -0.822. The van der Waals surface area contributed by atoms with Crippen LogP contribution in [0.4, 0.5) is 0 Å². The Bertz CT molecular complexity index is 442. The van der Waals surface area contributed by atoms with Crippen molar-refractivity contribution >= 4 is 0 Å². The Labute approximate surface area is 108 Å². The molecule has 3 N–H and O–H groups in total. The molecular formula is C15H22O3. The van der Waals surface area contributed by atoms with E-state index in [0.717, 1.165) is 5.56 Å². The van der Waals surface area contributed by atoms with Gasteiger partial charge in [0.15, 0.2) is 11.5 Å². The molecule has 0 heterocycles. The Balaban J connectivity index is 2.83. The van der Waals surface area contributed by atoms with Gasteiger partial charge in [0.05, 0.1) is 5.60 Å². The largest absolute Gasteiger partial charge is 0.504 e. The quantitative estimate of drug-likeness (QED) is 0.568. The number of hydrogen-bond donors (Lipinski definition) is 3. The third-order valence-corrected chi connectivity index (χ3v) is 2.93. The van der Waals surface area contributed by atoms with Crippen LogP contribution in [0.3, 0.4) is 0 Å². The lowest BCUT2D eigenvalue weighted by atomic mass is 9.94. The number of aliphatic hydroxyl groups is 1. The molecule has 0 aliphatic rings. The van der Waals surface area contributed by atoms with Gasteiger partial charge in [-0.15, -0.1) is 0 Å². The Kier molecular flexibility index (Phi) is 4.41. The van der Waals surface area contributed by atoms with Gasteiger partial charge in [0.25, 0.3) is 0 Å². The van der Waals surface area contributed by atoms with E-state index < -0.39 is 5.60 Å². The van der Waals surface area contributed by atoms with Gasteiger partial charge < -0.3 is 15.3 Å². The fourth-order valence-electron chi connectivity index (χ4n) is 1.78. The molecule has 1 aromatic rings. The van der Waals surface area contributed by atoms with E-state index in [-0.39, 0.29) is 17.4 Å². The summed E-state index contributed by atoms with van der Waals surface area (Å²) in [5.41, 5.74) is 0.561. The lowest BCUT2D eigenvalue weighted by Gasteiger charge is -2.15. The zero-order chi connectivity index (χ0) is 13.9. The van der Waals surface area contributed by atoms with Gasteiger partial charge in [-0.05, 0) is 38.7 Å². The molecule has 0 unspecified atom stereocenters. The lowest BCUT2D eigenvalue weighted by molar-refractivity contribution is 0.133. The summed E-state index contributed by atoms with van der Waals surface area (Å²) in [6, 6.07) is 3.62. The minimum Gasteiger partial charge on any atom is -0.504 e. The van der Waals surface area contributed by atoms with Crippen molar-refractivity contribution in [1.82, 2.24) is 0 Å². The standard InChI is InChI=1S/C15H22O3/c1-10(6-5-9-15(3,4)18)12-8-7-11(2)13(16)14(12)17/h5,7-10,16-18H,6H2,1-4H3/t10-/m1/s1. The van der Waals surface area contributed by atoms with E-state index in [2.05, 4.69) is 0 Å². The summed E-state index contributed by atoms with van der Waals surface area (Å²) in [4.78, 5) is 0. The first-order valence-corrected chi connectivity index (χ1v) is 6.14.